The number of alkyl halides is 3. The first-order valence-corrected chi connectivity index (χ1v) is 4.87. The highest BCUT2D eigenvalue weighted by Crippen LogP contribution is 2.41. The third kappa shape index (κ3) is 2.36. The van der Waals surface area contributed by atoms with Gasteiger partial charge in [-0.2, -0.15) is 13.2 Å². The second kappa shape index (κ2) is 4.43. The standard InChI is InChI=1S/C11H14F3NO/c1-8-3-2-4-9(7-8)10(16,5-6-15)11(12,13)14/h2-4,7,16H,5-6,15H2,1H3. The number of nitrogens with two attached hydrogens (primary N) is 1. The maximum Gasteiger partial charge on any atom is 0.421 e. The predicted octanol–water partition coefficient (Wildman–Crippen LogP) is 2.09. The highest BCUT2D eigenvalue weighted by Gasteiger charge is 2.54. The van der Waals surface area contributed by atoms with Crippen LogP contribution in [0.3, 0.4) is 0 Å². The topological polar surface area (TPSA) is 46.2 Å². The Hall–Kier alpha value is -1.07. The van der Waals surface area contributed by atoms with E-state index in [9.17, 15) is 18.3 Å². The normalized spacial score (nSPS) is 15.9. The second-order valence-electron chi connectivity index (χ2n) is 3.77. The van der Waals surface area contributed by atoms with Crippen molar-refractivity contribution in [3.63, 3.8) is 0 Å². The molecule has 0 saturated carbocycles. The maximum absolute atomic E-state index is 12.8. The predicted molar refractivity (Wildman–Crippen MR) is 54.8 cm³/mol. The van der Waals surface area contributed by atoms with E-state index in [0.717, 1.165) is 0 Å². The van der Waals surface area contributed by atoms with Gasteiger partial charge >= 0.3 is 6.18 Å². The van der Waals surface area contributed by atoms with Crippen molar-refractivity contribution in [3.8, 4) is 0 Å². The van der Waals surface area contributed by atoms with Crippen molar-refractivity contribution in [2.45, 2.75) is 25.1 Å². The van der Waals surface area contributed by atoms with Crippen molar-refractivity contribution in [1.29, 1.82) is 0 Å². The highest BCUT2D eigenvalue weighted by molar-refractivity contribution is 5.28. The minimum absolute atomic E-state index is 0.162. The molecule has 2 nitrogen and oxygen atoms in total. The van der Waals surface area contributed by atoms with Gasteiger partial charge in [-0.3, -0.25) is 0 Å². The molecule has 0 bridgehead atoms. The van der Waals surface area contributed by atoms with Crippen molar-refractivity contribution in [3.05, 3.63) is 35.4 Å². The zero-order chi connectivity index (χ0) is 12.4. The van der Waals surface area contributed by atoms with Crippen molar-refractivity contribution < 1.29 is 18.3 Å². The van der Waals surface area contributed by atoms with Crippen LogP contribution in [0.25, 0.3) is 0 Å². The lowest BCUT2D eigenvalue weighted by Crippen LogP contribution is -2.43. The molecule has 1 rings (SSSR count). The molecule has 0 aromatic heterocycles. The Bertz CT molecular complexity index is 364. The molecule has 0 radical (unpaired) electrons. The van der Waals surface area contributed by atoms with E-state index in [0.29, 0.717) is 5.56 Å². The Labute approximate surface area is 91.9 Å². The van der Waals surface area contributed by atoms with E-state index in [1.54, 1.807) is 13.0 Å². The van der Waals surface area contributed by atoms with Gasteiger partial charge in [0.2, 0.25) is 0 Å². The third-order valence-corrected chi connectivity index (χ3v) is 2.47. The van der Waals surface area contributed by atoms with Crippen LogP contribution < -0.4 is 5.73 Å². The summed E-state index contributed by atoms with van der Waals surface area (Å²) in [5.41, 5.74) is 2.78. The summed E-state index contributed by atoms with van der Waals surface area (Å²) in [6.45, 7) is 1.44. The molecule has 0 aliphatic rings. The number of hydrogen-bond acceptors (Lipinski definition) is 2. The van der Waals surface area contributed by atoms with Crippen LogP contribution in [0.5, 0.6) is 0 Å². The Morgan fingerprint density at radius 1 is 1.31 bits per heavy atom. The summed E-state index contributed by atoms with van der Waals surface area (Å²) in [7, 11) is 0. The average molecular weight is 233 g/mol. The largest absolute Gasteiger partial charge is 0.421 e. The van der Waals surface area contributed by atoms with Crippen LogP contribution in [0.15, 0.2) is 24.3 Å². The van der Waals surface area contributed by atoms with Crippen molar-refractivity contribution in [2.24, 2.45) is 5.73 Å². The molecule has 1 atom stereocenters. The molecule has 0 aliphatic heterocycles. The van der Waals surface area contributed by atoms with Gasteiger partial charge in [-0.25, -0.2) is 0 Å². The average Bonchev–Trinajstić information content (AvgIpc) is 2.16. The monoisotopic (exact) mass is 233 g/mol. The number of halogens is 3. The van der Waals surface area contributed by atoms with Crippen LogP contribution in [0.4, 0.5) is 13.2 Å². The second-order valence-corrected chi connectivity index (χ2v) is 3.77. The van der Waals surface area contributed by atoms with Crippen molar-refractivity contribution in [1.82, 2.24) is 0 Å². The van der Waals surface area contributed by atoms with E-state index in [-0.39, 0.29) is 12.1 Å². The van der Waals surface area contributed by atoms with Crippen LogP contribution in [0.2, 0.25) is 0 Å². The van der Waals surface area contributed by atoms with E-state index in [1.165, 1.54) is 18.2 Å². The Morgan fingerprint density at radius 3 is 2.38 bits per heavy atom. The SMILES string of the molecule is Cc1cccc(C(O)(CCN)C(F)(F)F)c1. The minimum Gasteiger partial charge on any atom is -0.376 e. The molecule has 0 spiro atoms. The molecular weight excluding hydrogens is 219 g/mol. The molecule has 1 aromatic rings. The van der Waals surface area contributed by atoms with E-state index in [2.05, 4.69) is 0 Å². The summed E-state index contributed by atoms with van der Waals surface area (Å²) in [5, 5.41) is 9.74. The van der Waals surface area contributed by atoms with Gasteiger partial charge in [0, 0.05) is 6.42 Å². The first-order valence-electron chi connectivity index (χ1n) is 4.87. The van der Waals surface area contributed by atoms with E-state index in [1.807, 2.05) is 0 Å². The number of benzene rings is 1. The van der Waals surface area contributed by atoms with Crippen LogP contribution >= 0.6 is 0 Å². The molecule has 0 saturated heterocycles. The molecular formula is C11H14F3NO. The fourth-order valence-corrected chi connectivity index (χ4v) is 1.56. The maximum atomic E-state index is 12.8. The third-order valence-electron chi connectivity index (χ3n) is 2.47. The molecule has 0 aliphatic carbocycles. The summed E-state index contributed by atoms with van der Waals surface area (Å²) < 4.78 is 38.4. The Balaban J connectivity index is 3.21. The van der Waals surface area contributed by atoms with Gasteiger partial charge in [-0.1, -0.05) is 29.8 Å². The molecule has 1 aromatic carbocycles. The molecule has 16 heavy (non-hydrogen) atoms. The molecule has 90 valence electrons. The van der Waals surface area contributed by atoms with Gasteiger partial charge in [0.15, 0.2) is 5.60 Å². The molecule has 3 N–H and O–H groups in total. The van der Waals surface area contributed by atoms with E-state index >= 15 is 0 Å². The van der Waals surface area contributed by atoms with Gasteiger partial charge < -0.3 is 10.8 Å². The summed E-state index contributed by atoms with van der Waals surface area (Å²) >= 11 is 0. The quantitative estimate of drug-likeness (QED) is 0.839. The zero-order valence-corrected chi connectivity index (χ0v) is 8.88. The molecule has 0 heterocycles. The lowest BCUT2D eigenvalue weighted by Gasteiger charge is -2.30. The van der Waals surface area contributed by atoms with E-state index < -0.39 is 18.2 Å². The van der Waals surface area contributed by atoms with Crippen LogP contribution in [-0.2, 0) is 5.60 Å². The van der Waals surface area contributed by atoms with Crippen LogP contribution in [0.1, 0.15) is 17.5 Å². The van der Waals surface area contributed by atoms with Gasteiger partial charge in [-0.15, -0.1) is 0 Å². The van der Waals surface area contributed by atoms with Crippen LogP contribution in [-0.4, -0.2) is 17.8 Å². The zero-order valence-electron chi connectivity index (χ0n) is 8.88. The summed E-state index contributed by atoms with van der Waals surface area (Å²) in [5.74, 6) is 0. The number of aryl methyl sites for hydroxylation is 1. The molecule has 5 heteroatoms. The fraction of sp³-hybridized carbons (Fsp3) is 0.455. The highest BCUT2D eigenvalue weighted by atomic mass is 19.4. The summed E-state index contributed by atoms with van der Waals surface area (Å²) in [4.78, 5) is 0. The fourth-order valence-electron chi connectivity index (χ4n) is 1.56. The molecule has 0 amide bonds. The lowest BCUT2D eigenvalue weighted by molar-refractivity contribution is -0.268. The Kier molecular flexibility index (Phi) is 3.60. The summed E-state index contributed by atoms with van der Waals surface area (Å²) in [6.07, 6.45) is -5.26. The first-order chi connectivity index (χ1) is 7.31. The number of rotatable bonds is 3. The molecule has 1 unspecified atom stereocenters. The smallest absolute Gasteiger partial charge is 0.376 e. The van der Waals surface area contributed by atoms with Gasteiger partial charge in [0.05, 0.1) is 0 Å². The van der Waals surface area contributed by atoms with Crippen molar-refractivity contribution in [2.75, 3.05) is 6.54 Å². The Morgan fingerprint density at radius 2 is 1.94 bits per heavy atom. The van der Waals surface area contributed by atoms with Gasteiger partial charge in [-0.05, 0) is 19.0 Å². The minimum atomic E-state index is -4.72. The van der Waals surface area contributed by atoms with Crippen LogP contribution in [0, 0.1) is 6.92 Å². The van der Waals surface area contributed by atoms with Gasteiger partial charge in [0.1, 0.15) is 0 Å². The number of aliphatic hydroxyl groups is 1. The van der Waals surface area contributed by atoms with Gasteiger partial charge in [0.25, 0.3) is 0 Å². The van der Waals surface area contributed by atoms with E-state index in [4.69, 9.17) is 5.73 Å². The number of hydrogen-bond donors (Lipinski definition) is 2. The first kappa shape index (κ1) is 13.0. The molecule has 0 fully saturated rings. The summed E-state index contributed by atoms with van der Waals surface area (Å²) in [6, 6.07) is 5.74. The van der Waals surface area contributed by atoms with Crippen molar-refractivity contribution >= 4 is 0 Å². The lowest BCUT2D eigenvalue weighted by atomic mass is 9.89.